The molecule has 2 aromatic carbocycles. The fraction of sp³-hybridized carbons (Fsp3) is 0.435. The summed E-state index contributed by atoms with van der Waals surface area (Å²) in [5.74, 6) is -0.203. The van der Waals surface area contributed by atoms with Gasteiger partial charge in [0.2, 0.25) is 0 Å². The molecule has 0 saturated heterocycles. The van der Waals surface area contributed by atoms with Gasteiger partial charge in [-0.15, -0.1) is 0 Å². The van der Waals surface area contributed by atoms with Crippen molar-refractivity contribution in [2.24, 2.45) is 5.41 Å². The van der Waals surface area contributed by atoms with Gasteiger partial charge in [-0.05, 0) is 67.3 Å². The van der Waals surface area contributed by atoms with Gasteiger partial charge in [0.25, 0.3) is 0 Å². The van der Waals surface area contributed by atoms with E-state index in [0.29, 0.717) is 24.7 Å². The maximum Gasteiger partial charge on any atom is 0.329 e. The summed E-state index contributed by atoms with van der Waals surface area (Å²) >= 11 is 0. The number of hydrogen-bond donors (Lipinski definition) is 1. The molecule has 2 fully saturated rings. The van der Waals surface area contributed by atoms with Crippen LogP contribution in [0.1, 0.15) is 37.7 Å². The lowest BCUT2D eigenvalue weighted by Crippen LogP contribution is -2.26. The minimum absolute atomic E-state index is 0.0129. The van der Waals surface area contributed by atoms with E-state index in [9.17, 15) is 9.18 Å². The van der Waals surface area contributed by atoms with Gasteiger partial charge in [-0.25, -0.2) is 9.18 Å². The van der Waals surface area contributed by atoms with E-state index in [-0.39, 0.29) is 23.4 Å². The van der Waals surface area contributed by atoms with Crippen molar-refractivity contribution < 1.29 is 28.5 Å². The second kappa shape index (κ2) is 8.13. The normalized spacial score (nSPS) is 25.3. The van der Waals surface area contributed by atoms with E-state index < -0.39 is 5.97 Å². The fourth-order valence-corrected chi connectivity index (χ4v) is 4.64. The molecule has 2 aromatic rings. The summed E-state index contributed by atoms with van der Waals surface area (Å²) in [6.07, 6.45) is 4.65. The molecule has 2 bridgehead atoms. The Balaban J connectivity index is 1.36. The SMILES string of the molecule is O=C(O)COCC12CCC(OCc3cc(F)cc(Oc4ccccc4)c3)(CC1)C2. The smallest absolute Gasteiger partial charge is 0.329 e. The minimum Gasteiger partial charge on any atom is -0.480 e. The lowest BCUT2D eigenvalue weighted by molar-refractivity contribution is -0.143. The summed E-state index contributed by atoms with van der Waals surface area (Å²) in [6.45, 7) is 0.511. The van der Waals surface area contributed by atoms with Crippen molar-refractivity contribution in [2.45, 2.75) is 44.3 Å². The maximum absolute atomic E-state index is 14.1. The molecule has 0 atom stereocenters. The van der Waals surface area contributed by atoms with Crippen LogP contribution in [0.3, 0.4) is 0 Å². The number of fused-ring (bicyclic) bond motifs is 2. The molecule has 29 heavy (non-hydrogen) atoms. The number of ether oxygens (including phenoxy) is 3. The Morgan fingerprint density at radius 1 is 1.03 bits per heavy atom. The van der Waals surface area contributed by atoms with E-state index in [2.05, 4.69) is 0 Å². The summed E-state index contributed by atoms with van der Waals surface area (Å²) in [5.41, 5.74) is 0.523. The van der Waals surface area contributed by atoms with Crippen LogP contribution in [-0.2, 0) is 20.9 Å². The average Bonchev–Trinajstić information content (AvgIpc) is 3.23. The Labute approximate surface area is 169 Å². The van der Waals surface area contributed by atoms with Crippen LogP contribution >= 0.6 is 0 Å². The quantitative estimate of drug-likeness (QED) is 0.646. The summed E-state index contributed by atoms with van der Waals surface area (Å²) in [6, 6.07) is 13.9. The molecule has 0 aliphatic heterocycles. The summed E-state index contributed by atoms with van der Waals surface area (Å²) in [4.78, 5) is 10.7. The highest BCUT2D eigenvalue weighted by atomic mass is 19.1. The van der Waals surface area contributed by atoms with Gasteiger partial charge in [0.15, 0.2) is 0 Å². The Bertz CT molecular complexity index is 859. The standard InChI is InChI=1S/C23H25FO5/c24-18-10-17(11-20(12-18)29-19-4-2-1-3-5-19)13-28-23-8-6-22(15-23,7-9-23)16-27-14-21(25)26/h1-5,10-12H,6-9,13-16H2,(H,25,26). The maximum atomic E-state index is 14.1. The number of hydrogen-bond acceptors (Lipinski definition) is 4. The molecule has 2 aliphatic rings. The first-order chi connectivity index (χ1) is 14.0. The summed E-state index contributed by atoms with van der Waals surface area (Å²) < 4.78 is 31.5. The molecule has 154 valence electrons. The van der Waals surface area contributed by atoms with Gasteiger partial charge < -0.3 is 19.3 Å². The van der Waals surface area contributed by atoms with Crippen molar-refractivity contribution in [3.8, 4) is 11.5 Å². The van der Waals surface area contributed by atoms with E-state index >= 15 is 0 Å². The van der Waals surface area contributed by atoms with E-state index in [1.807, 2.05) is 30.3 Å². The highest BCUT2D eigenvalue weighted by molar-refractivity contribution is 5.68. The summed E-state index contributed by atoms with van der Waals surface area (Å²) in [7, 11) is 0. The molecule has 6 heteroatoms. The molecule has 1 N–H and O–H groups in total. The number of carboxylic acids is 1. The monoisotopic (exact) mass is 400 g/mol. The highest BCUT2D eigenvalue weighted by Gasteiger charge is 2.55. The zero-order valence-electron chi connectivity index (χ0n) is 16.2. The predicted molar refractivity (Wildman–Crippen MR) is 104 cm³/mol. The van der Waals surface area contributed by atoms with Gasteiger partial charge in [-0.3, -0.25) is 0 Å². The van der Waals surface area contributed by atoms with Gasteiger partial charge in [0.1, 0.15) is 23.9 Å². The van der Waals surface area contributed by atoms with Crippen LogP contribution in [0.5, 0.6) is 11.5 Å². The Morgan fingerprint density at radius 3 is 2.52 bits per heavy atom. The predicted octanol–water partition coefficient (Wildman–Crippen LogP) is 4.94. The second-order valence-electron chi connectivity index (χ2n) is 8.25. The van der Waals surface area contributed by atoms with Crippen molar-refractivity contribution in [3.05, 3.63) is 59.9 Å². The molecular weight excluding hydrogens is 375 g/mol. The van der Waals surface area contributed by atoms with Crippen LogP contribution in [0.25, 0.3) is 0 Å². The van der Waals surface area contributed by atoms with Crippen molar-refractivity contribution in [3.63, 3.8) is 0 Å². The zero-order chi connectivity index (χ0) is 20.3. The van der Waals surface area contributed by atoms with E-state index in [1.54, 1.807) is 6.07 Å². The van der Waals surface area contributed by atoms with E-state index in [0.717, 1.165) is 37.7 Å². The number of halogens is 1. The summed E-state index contributed by atoms with van der Waals surface area (Å²) in [5, 5.41) is 8.76. The topological polar surface area (TPSA) is 65.0 Å². The Kier molecular flexibility index (Phi) is 5.56. The van der Waals surface area contributed by atoms with Crippen molar-refractivity contribution in [1.82, 2.24) is 0 Å². The zero-order valence-corrected chi connectivity index (χ0v) is 16.2. The van der Waals surface area contributed by atoms with Gasteiger partial charge in [-0.2, -0.15) is 0 Å². The molecule has 2 saturated carbocycles. The number of rotatable bonds is 9. The van der Waals surface area contributed by atoms with E-state index in [1.165, 1.54) is 12.1 Å². The molecule has 0 heterocycles. The molecule has 4 rings (SSSR count). The number of para-hydroxylation sites is 1. The fourth-order valence-electron chi connectivity index (χ4n) is 4.64. The molecule has 0 radical (unpaired) electrons. The van der Waals surface area contributed by atoms with Gasteiger partial charge in [0.05, 0.1) is 18.8 Å². The first-order valence-electron chi connectivity index (χ1n) is 9.92. The molecular formula is C23H25FO5. The Hall–Kier alpha value is -2.44. The van der Waals surface area contributed by atoms with Gasteiger partial charge in [0, 0.05) is 6.07 Å². The third-order valence-corrected chi connectivity index (χ3v) is 6.01. The molecule has 0 spiro atoms. The number of aliphatic carboxylic acids is 1. The first kappa shape index (κ1) is 19.9. The lowest BCUT2D eigenvalue weighted by Gasteiger charge is -2.28. The third-order valence-electron chi connectivity index (χ3n) is 6.01. The largest absolute Gasteiger partial charge is 0.480 e. The van der Waals surface area contributed by atoms with Crippen LogP contribution in [0, 0.1) is 11.2 Å². The van der Waals surface area contributed by atoms with Crippen LogP contribution in [-0.4, -0.2) is 29.9 Å². The average molecular weight is 400 g/mol. The van der Waals surface area contributed by atoms with Crippen molar-refractivity contribution >= 4 is 5.97 Å². The number of carboxylic acid groups (broad SMARTS) is 1. The van der Waals surface area contributed by atoms with Crippen LogP contribution in [0.15, 0.2) is 48.5 Å². The number of benzene rings is 2. The molecule has 2 aliphatic carbocycles. The van der Waals surface area contributed by atoms with Gasteiger partial charge >= 0.3 is 5.97 Å². The lowest BCUT2D eigenvalue weighted by atomic mass is 9.85. The Morgan fingerprint density at radius 2 is 1.79 bits per heavy atom. The molecule has 0 aromatic heterocycles. The molecule has 0 unspecified atom stereocenters. The minimum atomic E-state index is -0.945. The van der Waals surface area contributed by atoms with Crippen molar-refractivity contribution in [1.29, 1.82) is 0 Å². The van der Waals surface area contributed by atoms with Crippen LogP contribution < -0.4 is 4.74 Å². The number of carbonyl (C=O) groups is 1. The van der Waals surface area contributed by atoms with Crippen LogP contribution in [0.2, 0.25) is 0 Å². The van der Waals surface area contributed by atoms with Crippen LogP contribution in [0.4, 0.5) is 4.39 Å². The third kappa shape index (κ3) is 4.77. The van der Waals surface area contributed by atoms with Crippen molar-refractivity contribution in [2.75, 3.05) is 13.2 Å². The molecule has 0 amide bonds. The van der Waals surface area contributed by atoms with Gasteiger partial charge in [-0.1, -0.05) is 18.2 Å². The second-order valence-corrected chi connectivity index (χ2v) is 8.25. The highest BCUT2D eigenvalue weighted by Crippen LogP contribution is 2.58. The molecule has 5 nitrogen and oxygen atoms in total. The van der Waals surface area contributed by atoms with E-state index in [4.69, 9.17) is 19.3 Å². The first-order valence-corrected chi connectivity index (χ1v) is 9.92.